The molecule has 3 heterocycles. The van der Waals surface area contributed by atoms with E-state index in [2.05, 4.69) is 25.6 Å². The largest absolute Gasteiger partial charge is 0.340 e. The first-order valence-electron chi connectivity index (χ1n) is 12.7. The van der Waals surface area contributed by atoms with Gasteiger partial charge in [0.25, 0.3) is 0 Å². The van der Waals surface area contributed by atoms with Gasteiger partial charge in [-0.15, -0.1) is 0 Å². The van der Waals surface area contributed by atoms with Crippen LogP contribution in [0.4, 0.5) is 27.5 Å². The number of aromatic nitrogens is 3. The second-order valence-electron chi connectivity index (χ2n) is 9.56. The number of nitrogens with one attached hydrogen (secondary N) is 2. The van der Waals surface area contributed by atoms with Crippen LogP contribution < -0.4 is 16.4 Å². The highest BCUT2D eigenvalue weighted by Crippen LogP contribution is 2.31. The molecule has 0 aliphatic carbocycles. The average molecular weight is 548 g/mol. The van der Waals surface area contributed by atoms with E-state index in [4.69, 9.17) is 5.73 Å². The summed E-state index contributed by atoms with van der Waals surface area (Å²) in [6.07, 6.45) is 6.46. The van der Waals surface area contributed by atoms with Gasteiger partial charge in [0.15, 0.2) is 0 Å². The number of hydrogen-bond acceptors (Lipinski definition) is 8. The summed E-state index contributed by atoms with van der Waals surface area (Å²) in [5.41, 5.74) is 9.28. The minimum Gasteiger partial charge on any atom is -0.340 e. The lowest BCUT2D eigenvalue weighted by Gasteiger charge is -2.34. The van der Waals surface area contributed by atoms with E-state index in [0.29, 0.717) is 54.6 Å². The van der Waals surface area contributed by atoms with E-state index in [1.807, 2.05) is 12.1 Å². The summed E-state index contributed by atoms with van der Waals surface area (Å²) >= 11 is 0. The van der Waals surface area contributed by atoms with E-state index in [0.717, 1.165) is 5.56 Å². The van der Waals surface area contributed by atoms with Crippen molar-refractivity contribution in [2.24, 2.45) is 11.7 Å². The first kappa shape index (κ1) is 26.7. The van der Waals surface area contributed by atoms with Gasteiger partial charge >= 0.3 is 0 Å². The normalized spacial score (nSPS) is 15.6. The fraction of sp³-hybridized carbons (Fsp3) is 0.250. The molecule has 1 fully saturated rings. The number of halogens is 1. The lowest BCUT2D eigenvalue weighted by Crippen LogP contribution is -2.40. The van der Waals surface area contributed by atoms with Crippen molar-refractivity contribution in [1.82, 2.24) is 19.3 Å². The van der Waals surface area contributed by atoms with Crippen LogP contribution in [-0.4, -0.2) is 40.8 Å². The number of pyridine rings is 1. The van der Waals surface area contributed by atoms with E-state index in [9.17, 15) is 12.8 Å². The third-order valence-corrected chi connectivity index (χ3v) is 8.82. The molecule has 11 heteroatoms. The number of sulfonamides is 1. The minimum atomic E-state index is -3.63. The van der Waals surface area contributed by atoms with Crippen LogP contribution in [0, 0.1) is 18.7 Å². The number of nitrogens with zero attached hydrogens (tertiary/aromatic N) is 4. The quantitative estimate of drug-likeness (QED) is 0.284. The van der Waals surface area contributed by atoms with Gasteiger partial charge in [0, 0.05) is 49.1 Å². The number of benzene rings is 2. The fourth-order valence-electron chi connectivity index (χ4n) is 4.67. The topological polar surface area (TPSA) is 126 Å². The maximum atomic E-state index is 13.5. The summed E-state index contributed by atoms with van der Waals surface area (Å²) in [5.74, 6) is 0.793. The Kier molecular flexibility index (Phi) is 7.82. The van der Waals surface area contributed by atoms with Crippen LogP contribution in [0.2, 0.25) is 0 Å². The van der Waals surface area contributed by atoms with Crippen molar-refractivity contribution in [3.63, 3.8) is 0 Å². The third kappa shape index (κ3) is 6.22. The van der Waals surface area contributed by atoms with E-state index < -0.39 is 10.0 Å². The number of piperidine rings is 1. The Morgan fingerprint density at radius 1 is 1.00 bits per heavy atom. The van der Waals surface area contributed by atoms with Crippen molar-refractivity contribution in [2.75, 3.05) is 23.7 Å². The van der Waals surface area contributed by atoms with Gasteiger partial charge in [-0.3, -0.25) is 4.98 Å². The van der Waals surface area contributed by atoms with E-state index in [1.54, 1.807) is 68.0 Å². The van der Waals surface area contributed by atoms with Gasteiger partial charge in [-0.1, -0.05) is 6.07 Å². The molecule has 4 aromatic rings. The predicted molar refractivity (Wildman–Crippen MR) is 149 cm³/mol. The molecule has 0 saturated carbocycles. The molecular formula is C28H30FN7O2S. The van der Waals surface area contributed by atoms with Crippen LogP contribution in [0.1, 0.15) is 30.0 Å². The summed E-state index contributed by atoms with van der Waals surface area (Å²) in [5, 5.41) is 6.22. The number of rotatable bonds is 8. The van der Waals surface area contributed by atoms with Crippen LogP contribution in [0.15, 0.2) is 84.1 Å². The maximum absolute atomic E-state index is 13.5. The Morgan fingerprint density at radius 2 is 1.74 bits per heavy atom. The first-order chi connectivity index (χ1) is 18.8. The van der Waals surface area contributed by atoms with Crippen LogP contribution >= 0.6 is 0 Å². The van der Waals surface area contributed by atoms with E-state index in [-0.39, 0.29) is 22.7 Å². The monoisotopic (exact) mass is 547 g/mol. The molecule has 2 aromatic heterocycles. The number of nitrogens with two attached hydrogens (primary N) is 1. The Morgan fingerprint density at radius 3 is 2.44 bits per heavy atom. The number of anilines is 4. The van der Waals surface area contributed by atoms with E-state index in [1.165, 1.54) is 10.4 Å². The van der Waals surface area contributed by atoms with Crippen molar-refractivity contribution >= 4 is 33.2 Å². The van der Waals surface area contributed by atoms with Crippen molar-refractivity contribution in [3.8, 4) is 0 Å². The zero-order valence-electron chi connectivity index (χ0n) is 21.5. The highest BCUT2D eigenvalue weighted by atomic mass is 32.2. The molecule has 1 unspecified atom stereocenters. The Bertz CT molecular complexity index is 1530. The highest BCUT2D eigenvalue weighted by Gasteiger charge is 2.32. The molecule has 1 aliphatic heterocycles. The molecule has 4 N–H and O–H groups in total. The number of aryl methyl sites for hydroxylation is 1. The molecule has 1 aliphatic rings. The van der Waals surface area contributed by atoms with Crippen LogP contribution in [0.3, 0.4) is 0 Å². The molecule has 0 bridgehead atoms. The van der Waals surface area contributed by atoms with Crippen LogP contribution in [0.25, 0.3) is 0 Å². The molecule has 5 rings (SSSR count). The molecule has 1 saturated heterocycles. The van der Waals surface area contributed by atoms with Gasteiger partial charge in [-0.25, -0.2) is 17.8 Å². The Labute approximate surface area is 227 Å². The smallest absolute Gasteiger partial charge is 0.243 e. The van der Waals surface area contributed by atoms with Crippen LogP contribution in [-0.2, 0) is 10.0 Å². The first-order valence-corrected chi connectivity index (χ1v) is 14.1. The molecule has 39 heavy (non-hydrogen) atoms. The Hall–Kier alpha value is -3.93. The molecule has 1 atom stereocenters. The van der Waals surface area contributed by atoms with Gasteiger partial charge in [0.2, 0.25) is 16.0 Å². The zero-order chi connectivity index (χ0) is 27.4. The zero-order valence-corrected chi connectivity index (χ0v) is 22.3. The summed E-state index contributed by atoms with van der Waals surface area (Å²) in [6.45, 7) is 2.53. The molecule has 0 spiro atoms. The molecule has 0 amide bonds. The van der Waals surface area contributed by atoms with Crippen molar-refractivity contribution in [2.45, 2.75) is 30.7 Å². The SMILES string of the molecule is Cc1cc(Nc2ccnc(Nc3ccc(S(=O)(=O)N4CCC(C(N)c5cccnc5)CC4)cc3)n2)ccc1F. The van der Waals surface area contributed by atoms with Crippen molar-refractivity contribution < 1.29 is 12.8 Å². The number of hydrogen-bond donors (Lipinski definition) is 3. The van der Waals surface area contributed by atoms with Crippen molar-refractivity contribution in [1.29, 1.82) is 0 Å². The second kappa shape index (κ2) is 11.4. The maximum Gasteiger partial charge on any atom is 0.243 e. The van der Waals surface area contributed by atoms with Gasteiger partial charge < -0.3 is 16.4 Å². The van der Waals surface area contributed by atoms with Gasteiger partial charge in [-0.2, -0.15) is 9.29 Å². The van der Waals surface area contributed by atoms with Gasteiger partial charge in [0.1, 0.15) is 11.6 Å². The minimum absolute atomic E-state index is 0.162. The molecular weight excluding hydrogens is 517 g/mol. The summed E-state index contributed by atoms with van der Waals surface area (Å²) in [7, 11) is -3.63. The molecule has 2 aromatic carbocycles. The standard InChI is InChI=1S/C28H30FN7O2S/c1-19-17-23(6-9-25(19)29)33-26-10-14-32-28(35-26)34-22-4-7-24(8-5-22)39(37,38)36-15-11-20(12-16-36)27(30)21-3-2-13-31-18-21/h2-10,13-14,17-18,20,27H,11-12,15-16,30H2,1H3,(H2,32,33,34,35). The van der Waals surface area contributed by atoms with Gasteiger partial charge in [-0.05, 0) is 91.4 Å². The highest BCUT2D eigenvalue weighted by molar-refractivity contribution is 7.89. The molecule has 202 valence electrons. The molecule has 0 radical (unpaired) electrons. The Balaban J connectivity index is 1.20. The van der Waals surface area contributed by atoms with Crippen LogP contribution in [0.5, 0.6) is 0 Å². The third-order valence-electron chi connectivity index (χ3n) is 6.91. The lowest BCUT2D eigenvalue weighted by atomic mass is 9.87. The van der Waals surface area contributed by atoms with Crippen molar-refractivity contribution in [3.05, 3.63) is 96.2 Å². The fourth-order valence-corrected chi connectivity index (χ4v) is 6.14. The van der Waals surface area contributed by atoms with Gasteiger partial charge in [0.05, 0.1) is 4.90 Å². The average Bonchev–Trinajstić information content (AvgIpc) is 2.96. The molecule has 9 nitrogen and oxygen atoms in total. The second-order valence-corrected chi connectivity index (χ2v) is 11.5. The lowest BCUT2D eigenvalue weighted by molar-refractivity contribution is 0.245. The predicted octanol–water partition coefficient (Wildman–Crippen LogP) is 4.91. The summed E-state index contributed by atoms with van der Waals surface area (Å²) < 4.78 is 41.6. The summed E-state index contributed by atoms with van der Waals surface area (Å²) in [4.78, 5) is 13.0. The van der Waals surface area contributed by atoms with E-state index >= 15 is 0 Å². The summed E-state index contributed by atoms with van der Waals surface area (Å²) in [6, 6.07) is 16.6.